The van der Waals surface area contributed by atoms with E-state index in [1.807, 2.05) is 17.0 Å². The number of rotatable bonds is 4. The van der Waals surface area contributed by atoms with Gasteiger partial charge in [0.05, 0.1) is 22.5 Å². The van der Waals surface area contributed by atoms with Crippen molar-refractivity contribution in [3.63, 3.8) is 0 Å². The molecule has 0 atom stereocenters. The quantitative estimate of drug-likeness (QED) is 0.820. The lowest BCUT2D eigenvalue weighted by molar-refractivity contribution is 0.0724. The van der Waals surface area contributed by atoms with Gasteiger partial charge < -0.3 is 15.1 Å². The van der Waals surface area contributed by atoms with Crippen molar-refractivity contribution in [1.82, 2.24) is 14.9 Å². The molecule has 2 fully saturated rings. The molecule has 148 valence electrons. The molecule has 28 heavy (non-hydrogen) atoms. The molecule has 4 rings (SSSR count). The smallest absolute Gasteiger partial charge is 0.255 e. The van der Waals surface area contributed by atoms with Crippen LogP contribution in [0, 0.1) is 0 Å². The summed E-state index contributed by atoms with van der Waals surface area (Å²) < 4.78 is 0. The highest BCUT2D eigenvalue weighted by Gasteiger charge is 2.19. The highest BCUT2D eigenvalue weighted by molar-refractivity contribution is 6.33. The van der Waals surface area contributed by atoms with Gasteiger partial charge in [0.2, 0.25) is 0 Å². The summed E-state index contributed by atoms with van der Waals surface area (Å²) in [6.45, 7) is 3.76. The number of amides is 1. The number of likely N-dealkylation sites (tertiary alicyclic amines) is 1. The summed E-state index contributed by atoms with van der Waals surface area (Å²) in [5, 5.41) is 3.63. The molecule has 0 unspecified atom stereocenters. The van der Waals surface area contributed by atoms with Gasteiger partial charge in [-0.25, -0.2) is 9.97 Å². The molecule has 2 aromatic rings. The van der Waals surface area contributed by atoms with Crippen LogP contribution in [0.3, 0.4) is 0 Å². The van der Waals surface area contributed by atoms with E-state index in [0.717, 1.165) is 50.5 Å². The van der Waals surface area contributed by atoms with Crippen molar-refractivity contribution in [2.45, 2.75) is 38.5 Å². The fourth-order valence-corrected chi connectivity index (χ4v) is 4.05. The summed E-state index contributed by atoms with van der Waals surface area (Å²) in [6, 6.07) is 5.71. The van der Waals surface area contributed by atoms with Crippen molar-refractivity contribution >= 4 is 34.8 Å². The number of nitrogens with one attached hydrogen (secondary N) is 1. The maximum atomic E-state index is 12.6. The van der Waals surface area contributed by atoms with Crippen LogP contribution < -0.4 is 10.2 Å². The van der Waals surface area contributed by atoms with Crippen LogP contribution in [0.4, 0.5) is 17.3 Å². The highest BCUT2D eigenvalue weighted by Crippen LogP contribution is 2.26. The van der Waals surface area contributed by atoms with Gasteiger partial charge in [-0.1, -0.05) is 11.6 Å². The zero-order valence-corrected chi connectivity index (χ0v) is 16.8. The Morgan fingerprint density at radius 2 is 1.64 bits per heavy atom. The van der Waals surface area contributed by atoms with Crippen molar-refractivity contribution in [2.24, 2.45) is 0 Å². The van der Waals surface area contributed by atoms with Crippen LogP contribution in [0.1, 0.15) is 48.9 Å². The van der Waals surface area contributed by atoms with Gasteiger partial charge in [-0.3, -0.25) is 4.79 Å². The van der Waals surface area contributed by atoms with Gasteiger partial charge in [0.15, 0.2) is 0 Å². The van der Waals surface area contributed by atoms with Crippen LogP contribution in [-0.4, -0.2) is 47.0 Å². The molecule has 7 heteroatoms. The zero-order valence-electron chi connectivity index (χ0n) is 16.0. The third kappa shape index (κ3) is 4.38. The van der Waals surface area contributed by atoms with E-state index < -0.39 is 0 Å². The number of hydrogen-bond acceptors (Lipinski definition) is 5. The molecule has 0 spiro atoms. The summed E-state index contributed by atoms with van der Waals surface area (Å²) in [4.78, 5) is 25.7. The van der Waals surface area contributed by atoms with E-state index in [1.54, 1.807) is 18.5 Å². The first kappa shape index (κ1) is 19.0. The van der Waals surface area contributed by atoms with Crippen molar-refractivity contribution in [2.75, 3.05) is 36.4 Å². The normalized spacial score (nSPS) is 17.5. The molecule has 0 bridgehead atoms. The molecule has 0 radical (unpaired) electrons. The monoisotopic (exact) mass is 399 g/mol. The van der Waals surface area contributed by atoms with Gasteiger partial charge in [-0.15, -0.1) is 0 Å². The Labute approximate surface area is 170 Å². The van der Waals surface area contributed by atoms with E-state index in [1.165, 1.54) is 25.7 Å². The van der Waals surface area contributed by atoms with Gasteiger partial charge in [0, 0.05) is 32.4 Å². The molecule has 2 saturated heterocycles. The van der Waals surface area contributed by atoms with E-state index in [2.05, 4.69) is 20.2 Å². The first-order valence-corrected chi connectivity index (χ1v) is 10.5. The number of piperidine rings is 2. The van der Waals surface area contributed by atoms with E-state index >= 15 is 0 Å². The topological polar surface area (TPSA) is 61.4 Å². The van der Waals surface area contributed by atoms with Gasteiger partial charge in [-0.05, 0) is 56.7 Å². The molecule has 2 aromatic heterocycles. The number of aromatic nitrogens is 2. The second-order valence-electron chi connectivity index (χ2n) is 7.49. The molecular formula is C21H26ClN5O. The van der Waals surface area contributed by atoms with E-state index in [9.17, 15) is 4.79 Å². The Balaban J connectivity index is 1.42. The standard InChI is InChI=1S/C21H26ClN5O/c22-18-13-16(21(28)27-11-5-2-6-12-27)14-24-20(18)25-17-7-8-19(23-15-17)26-9-3-1-4-10-26/h7-8,13-15H,1-6,9-12H2,(H,24,25). The van der Waals surface area contributed by atoms with Crippen molar-refractivity contribution < 1.29 is 4.79 Å². The fraction of sp³-hybridized carbons (Fsp3) is 0.476. The molecule has 0 saturated carbocycles. The van der Waals surface area contributed by atoms with Crippen LogP contribution in [0.5, 0.6) is 0 Å². The molecule has 0 aromatic carbocycles. The summed E-state index contributed by atoms with van der Waals surface area (Å²) in [5.74, 6) is 1.55. The number of anilines is 3. The lowest BCUT2D eigenvalue weighted by Gasteiger charge is -2.27. The Morgan fingerprint density at radius 1 is 0.929 bits per heavy atom. The summed E-state index contributed by atoms with van der Waals surface area (Å²) in [7, 11) is 0. The molecule has 1 amide bonds. The van der Waals surface area contributed by atoms with E-state index in [-0.39, 0.29) is 5.91 Å². The maximum absolute atomic E-state index is 12.6. The second kappa shape index (κ2) is 8.78. The highest BCUT2D eigenvalue weighted by atomic mass is 35.5. The van der Waals surface area contributed by atoms with Gasteiger partial charge in [0.1, 0.15) is 11.6 Å². The van der Waals surface area contributed by atoms with Crippen LogP contribution in [0.15, 0.2) is 30.6 Å². The Kier molecular flexibility index (Phi) is 5.95. The van der Waals surface area contributed by atoms with Crippen molar-refractivity contribution in [1.29, 1.82) is 0 Å². The number of hydrogen-bond donors (Lipinski definition) is 1. The number of carbonyl (C=O) groups excluding carboxylic acids is 1. The number of pyridine rings is 2. The molecule has 2 aliphatic heterocycles. The number of carbonyl (C=O) groups is 1. The minimum Gasteiger partial charge on any atom is -0.357 e. The van der Waals surface area contributed by atoms with Crippen LogP contribution in [0.2, 0.25) is 5.02 Å². The summed E-state index contributed by atoms with van der Waals surface area (Å²) in [6.07, 6.45) is 10.5. The summed E-state index contributed by atoms with van der Waals surface area (Å²) in [5.41, 5.74) is 1.36. The number of halogens is 1. The van der Waals surface area contributed by atoms with Gasteiger partial charge in [0.25, 0.3) is 5.91 Å². The van der Waals surface area contributed by atoms with Crippen molar-refractivity contribution in [3.05, 3.63) is 41.2 Å². The average Bonchev–Trinajstić information content (AvgIpc) is 2.76. The molecule has 0 aliphatic carbocycles. The molecule has 4 heterocycles. The van der Waals surface area contributed by atoms with Crippen LogP contribution >= 0.6 is 11.6 Å². The van der Waals surface area contributed by atoms with Crippen LogP contribution in [-0.2, 0) is 0 Å². The largest absolute Gasteiger partial charge is 0.357 e. The van der Waals surface area contributed by atoms with Gasteiger partial charge >= 0.3 is 0 Å². The Hall–Kier alpha value is -2.34. The zero-order chi connectivity index (χ0) is 19.3. The third-order valence-corrected chi connectivity index (χ3v) is 5.71. The van der Waals surface area contributed by atoms with E-state index in [4.69, 9.17) is 11.6 Å². The Bertz CT molecular complexity index is 814. The lowest BCUT2D eigenvalue weighted by atomic mass is 10.1. The van der Waals surface area contributed by atoms with Crippen molar-refractivity contribution in [3.8, 4) is 0 Å². The van der Waals surface area contributed by atoms with E-state index in [0.29, 0.717) is 16.4 Å². The minimum atomic E-state index is 0.00759. The predicted octanol–water partition coefficient (Wildman–Crippen LogP) is 4.49. The minimum absolute atomic E-state index is 0.00759. The fourth-order valence-electron chi connectivity index (χ4n) is 3.83. The van der Waals surface area contributed by atoms with Gasteiger partial charge in [-0.2, -0.15) is 0 Å². The average molecular weight is 400 g/mol. The second-order valence-corrected chi connectivity index (χ2v) is 7.89. The maximum Gasteiger partial charge on any atom is 0.255 e. The molecular weight excluding hydrogens is 374 g/mol. The SMILES string of the molecule is O=C(c1cnc(Nc2ccc(N3CCCCC3)nc2)c(Cl)c1)N1CCCCC1. The molecule has 1 N–H and O–H groups in total. The first-order chi connectivity index (χ1) is 13.7. The molecule has 6 nitrogen and oxygen atoms in total. The predicted molar refractivity (Wildman–Crippen MR) is 113 cm³/mol. The number of nitrogens with zero attached hydrogens (tertiary/aromatic N) is 4. The molecule has 2 aliphatic rings. The Morgan fingerprint density at radius 3 is 2.29 bits per heavy atom. The third-order valence-electron chi connectivity index (χ3n) is 5.42. The first-order valence-electron chi connectivity index (χ1n) is 10.1. The van der Waals surface area contributed by atoms with Crippen LogP contribution in [0.25, 0.3) is 0 Å². The lowest BCUT2D eigenvalue weighted by Crippen LogP contribution is -2.35. The summed E-state index contributed by atoms with van der Waals surface area (Å²) >= 11 is 6.39.